The summed E-state index contributed by atoms with van der Waals surface area (Å²) < 4.78 is 5.31. The van der Waals surface area contributed by atoms with Crippen LogP contribution in [0.3, 0.4) is 0 Å². The van der Waals surface area contributed by atoms with Gasteiger partial charge in [-0.3, -0.25) is 4.98 Å². The number of nitrogens with zero attached hydrogens (tertiary/aromatic N) is 1. The molecule has 0 saturated heterocycles. The predicted molar refractivity (Wildman–Crippen MR) is 118 cm³/mol. The second-order valence-corrected chi connectivity index (χ2v) is 6.49. The number of rotatable bonds is 8. The lowest BCUT2D eigenvalue weighted by atomic mass is 10.0. The van der Waals surface area contributed by atoms with Crippen molar-refractivity contribution in [3.8, 4) is 11.1 Å². The average Bonchev–Trinajstić information content (AvgIpc) is 3.24. The first-order valence-corrected chi connectivity index (χ1v) is 9.31. The van der Waals surface area contributed by atoms with E-state index < -0.39 is 0 Å². The van der Waals surface area contributed by atoms with Crippen LogP contribution >= 0.6 is 12.4 Å². The number of nitrogens with one attached hydrogen (secondary N) is 2. The van der Waals surface area contributed by atoms with E-state index >= 15 is 0 Å². The lowest BCUT2D eigenvalue weighted by molar-refractivity contribution is 0.482. The van der Waals surface area contributed by atoms with Gasteiger partial charge in [0.25, 0.3) is 0 Å². The summed E-state index contributed by atoms with van der Waals surface area (Å²) in [6, 6.07) is 22.8. The molecular formula is C23H24ClN3O. The van der Waals surface area contributed by atoms with E-state index in [2.05, 4.69) is 58.1 Å². The Hall–Kier alpha value is -2.82. The van der Waals surface area contributed by atoms with Crippen molar-refractivity contribution in [2.24, 2.45) is 0 Å². The van der Waals surface area contributed by atoms with Crippen LogP contribution in [0, 0.1) is 0 Å². The van der Waals surface area contributed by atoms with Crippen LogP contribution in [0.4, 0.5) is 5.69 Å². The summed E-state index contributed by atoms with van der Waals surface area (Å²) in [5.41, 5.74) is 4.54. The van der Waals surface area contributed by atoms with Crippen molar-refractivity contribution in [1.82, 2.24) is 10.3 Å². The number of benzene rings is 2. The topological polar surface area (TPSA) is 50.1 Å². The molecule has 0 atom stereocenters. The predicted octanol–water partition coefficient (Wildman–Crippen LogP) is 5.51. The van der Waals surface area contributed by atoms with Crippen LogP contribution in [-0.4, -0.2) is 18.1 Å². The number of hydrogen-bond donors (Lipinski definition) is 2. The normalized spacial score (nSPS) is 10.6. The molecule has 2 aromatic carbocycles. The van der Waals surface area contributed by atoms with Gasteiger partial charge < -0.3 is 15.1 Å². The van der Waals surface area contributed by atoms with E-state index in [9.17, 15) is 0 Å². The molecule has 0 fully saturated rings. The maximum Gasteiger partial charge on any atom is 0.117 e. The smallest absolute Gasteiger partial charge is 0.117 e. The standard InChI is InChI=1S/C23H23N3O.ClH/c1-2-6-18(7-3-1)19-9-10-21-22(11-14-26-23(21)16-19)25-13-5-12-24-17-20-8-4-15-27-20;/h1-4,6-11,14-16,24H,5,12-13,17H2,(H,25,26);1H. The van der Waals surface area contributed by atoms with Gasteiger partial charge >= 0.3 is 0 Å². The third-order valence-corrected chi connectivity index (χ3v) is 4.57. The molecule has 0 aliphatic rings. The van der Waals surface area contributed by atoms with Gasteiger partial charge in [0.1, 0.15) is 5.76 Å². The molecule has 0 bridgehead atoms. The van der Waals surface area contributed by atoms with Gasteiger partial charge in [-0.2, -0.15) is 0 Å². The fourth-order valence-corrected chi connectivity index (χ4v) is 3.17. The maximum absolute atomic E-state index is 5.31. The molecule has 2 aromatic heterocycles. The quantitative estimate of drug-likeness (QED) is 0.387. The Morgan fingerprint density at radius 1 is 0.857 bits per heavy atom. The SMILES string of the molecule is Cl.c1ccc(-c2ccc3c(NCCCNCc4ccco4)ccnc3c2)cc1. The molecule has 0 saturated carbocycles. The third kappa shape index (κ3) is 4.91. The number of pyridine rings is 1. The van der Waals surface area contributed by atoms with Crippen molar-refractivity contribution in [3.05, 3.63) is 85.0 Å². The summed E-state index contributed by atoms with van der Waals surface area (Å²) in [5.74, 6) is 0.970. The zero-order valence-electron chi connectivity index (χ0n) is 15.6. The molecule has 0 amide bonds. The van der Waals surface area contributed by atoms with E-state index in [1.807, 2.05) is 30.5 Å². The minimum atomic E-state index is 0. The Balaban J connectivity index is 0.00000225. The summed E-state index contributed by atoms with van der Waals surface area (Å²) in [6.45, 7) is 2.62. The van der Waals surface area contributed by atoms with Gasteiger partial charge in [-0.25, -0.2) is 0 Å². The number of fused-ring (bicyclic) bond motifs is 1. The molecule has 4 nitrogen and oxygen atoms in total. The first kappa shape index (κ1) is 19.9. The first-order chi connectivity index (χ1) is 13.4. The van der Waals surface area contributed by atoms with Crippen LogP contribution in [0.5, 0.6) is 0 Å². The second kappa shape index (κ2) is 9.93. The Bertz CT molecular complexity index is 987. The lowest BCUT2D eigenvalue weighted by Crippen LogP contribution is -2.17. The second-order valence-electron chi connectivity index (χ2n) is 6.49. The molecule has 4 rings (SSSR count). The molecule has 0 radical (unpaired) electrons. The zero-order chi connectivity index (χ0) is 18.3. The molecule has 0 unspecified atom stereocenters. The summed E-state index contributed by atoms with van der Waals surface area (Å²) in [7, 11) is 0. The number of hydrogen-bond acceptors (Lipinski definition) is 4. The van der Waals surface area contributed by atoms with Crippen molar-refractivity contribution in [2.45, 2.75) is 13.0 Å². The molecule has 28 heavy (non-hydrogen) atoms. The third-order valence-electron chi connectivity index (χ3n) is 4.57. The highest BCUT2D eigenvalue weighted by atomic mass is 35.5. The fourth-order valence-electron chi connectivity index (χ4n) is 3.17. The van der Waals surface area contributed by atoms with Crippen molar-refractivity contribution >= 4 is 29.0 Å². The Morgan fingerprint density at radius 2 is 1.75 bits per heavy atom. The summed E-state index contributed by atoms with van der Waals surface area (Å²) in [4.78, 5) is 4.55. The molecule has 4 aromatic rings. The Kier molecular flexibility index (Phi) is 7.06. The highest BCUT2D eigenvalue weighted by molar-refractivity contribution is 5.93. The van der Waals surface area contributed by atoms with Crippen LogP contribution < -0.4 is 10.6 Å². The number of furan rings is 1. The van der Waals surface area contributed by atoms with Crippen LogP contribution in [0.25, 0.3) is 22.0 Å². The van der Waals surface area contributed by atoms with Crippen molar-refractivity contribution in [3.63, 3.8) is 0 Å². The van der Waals surface area contributed by atoms with Crippen LogP contribution in [0.2, 0.25) is 0 Å². The van der Waals surface area contributed by atoms with Crippen molar-refractivity contribution in [1.29, 1.82) is 0 Å². The molecule has 2 N–H and O–H groups in total. The number of anilines is 1. The molecule has 2 heterocycles. The van der Waals surface area contributed by atoms with Crippen molar-refractivity contribution in [2.75, 3.05) is 18.4 Å². The molecule has 5 heteroatoms. The lowest BCUT2D eigenvalue weighted by Gasteiger charge is -2.11. The van der Waals surface area contributed by atoms with Crippen LogP contribution in [-0.2, 0) is 6.54 Å². The van der Waals surface area contributed by atoms with E-state index in [0.717, 1.165) is 48.4 Å². The molecular weight excluding hydrogens is 370 g/mol. The van der Waals surface area contributed by atoms with E-state index in [1.54, 1.807) is 6.26 Å². The van der Waals surface area contributed by atoms with Gasteiger partial charge in [-0.05, 0) is 48.4 Å². The van der Waals surface area contributed by atoms with Crippen LogP contribution in [0.15, 0.2) is 83.6 Å². The number of aromatic nitrogens is 1. The Morgan fingerprint density at radius 3 is 2.57 bits per heavy atom. The largest absolute Gasteiger partial charge is 0.468 e. The minimum Gasteiger partial charge on any atom is -0.468 e. The monoisotopic (exact) mass is 393 g/mol. The molecule has 144 valence electrons. The Labute approximate surface area is 171 Å². The zero-order valence-corrected chi connectivity index (χ0v) is 16.4. The van der Waals surface area contributed by atoms with Gasteiger partial charge in [0.05, 0.1) is 18.3 Å². The minimum absolute atomic E-state index is 0. The average molecular weight is 394 g/mol. The van der Waals surface area contributed by atoms with E-state index in [4.69, 9.17) is 4.42 Å². The van der Waals surface area contributed by atoms with E-state index in [1.165, 1.54) is 11.1 Å². The molecule has 0 aliphatic heterocycles. The van der Waals surface area contributed by atoms with Gasteiger partial charge in [-0.1, -0.05) is 42.5 Å². The van der Waals surface area contributed by atoms with Gasteiger partial charge in [0.15, 0.2) is 0 Å². The van der Waals surface area contributed by atoms with E-state index in [0.29, 0.717) is 0 Å². The van der Waals surface area contributed by atoms with Gasteiger partial charge in [0.2, 0.25) is 0 Å². The number of halogens is 1. The highest BCUT2D eigenvalue weighted by Gasteiger charge is 2.04. The first-order valence-electron chi connectivity index (χ1n) is 9.31. The van der Waals surface area contributed by atoms with Crippen molar-refractivity contribution < 1.29 is 4.42 Å². The summed E-state index contributed by atoms with van der Waals surface area (Å²) in [5, 5.41) is 8.08. The molecule has 0 spiro atoms. The summed E-state index contributed by atoms with van der Waals surface area (Å²) in [6.07, 6.45) is 4.61. The maximum atomic E-state index is 5.31. The van der Waals surface area contributed by atoms with Gasteiger partial charge in [-0.15, -0.1) is 12.4 Å². The van der Waals surface area contributed by atoms with E-state index in [-0.39, 0.29) is 12.4 Å². The highest BCUT2D eigenvalue weighted by Crippen LogP contribution is 2.27. The van der Waals surface area contributed by atoms with Crippen LogP contribution in [0.1, 0.15) is 12.2 Å². The van der Waals surface area contributed by atoms with Gasteiger partial charge in [0, 0.05) is 23.8 Å². The fraction of sp³-hybridized carbons (Fsp3) is 0.174. The summed E-state index contributed by atoms with van der Waals surface area (Å²) >= 11 is 0. The molecule has 0 aliphatic carbocycles.